The fourth-order valence-electron chi connectivity index (χ4n) is 2.08. The van der Waals surface area contributed by atoms with Crippen molar-refractivity contribution in [2.45, 2.75) is 6.54 Å². The van der Waals surface area contributed by atoms with E-state index in [-0.39, 0.29) is 18.0 Å². The normalized spacial score (nSPS) is 10.4. The minimum Gasteiger partial charge on any atom is -0.497 e. The molecule has 2 aromatic carbocycles. The van der Waals surface area contributed by atoms with Crippen LogP contribution in [0.25, 0.3) is 11.4 Å². The van der Waals surface area contributed by atoms with Gasteiger partial charge in [0.2, 0.25) is 11.7 Å². The fraction of sp³-hybridized carbons (Fsp3) is 0.118. The molecular formula is C17H14FN3O3. The van der Waals surface area contributed by atoms with Gasteiger partial charge in [0.1, 0.15) is 11.6 Å². The molecule has 24 heavy (non-hydrogen) atoms. The first kappa shape index (κ1) is 15.7. The lowest BCUT2D eigenvalue weighted by molar-refractivity contribution is 0.0942. The first-order valence-electron chi connectivity index (χ1n) is 7.17. The lowest BCUT2D eigenvalue weighted by atomic mass is 10.2. The van der Waals surface area contributed by atoms with Crippen molar-refractivity contribution < 1.29 is 18.4 Å². The third-order valence-corrected chi connectivity index (χ3v) is 3.33. The van der Waals surface area contributed by atoms with Gasteiger partial charge in [-0.15, -0.1) is 0 Å². The second-order valence-electron chi connectivity index (χ2n) is 4.90. The van der Waals surface area contributed by atoms with Crippen molar-refractivity contribution in [2.75, 3.05) is 7.11 Å². The Morgan fingerprint density at radius 2 is 1.96 bits per heavy atom. The molecular weight excluding hydrogens is 313 g/mol. The fourth-order valence-corrected chi connectivity index (χ4v) is 2.08. The van der Waals surface area contributed by atoms with Crippen molar-refractivity contribution in [1.82, 2.24) is 15.5 Å². The third-order valence-electron chi connectivity index (χ3n) is 3.33. The summed E-state index contributed by atoms with van der Waals surface area (Å²) >= 11 is 0. The number of hydrogen-bond donors (Lipinski definition) is 1. The standard InChI is InChI=1S/C17H14FN3O3/c1-23-12-8-6-11(7-9-12)16-20-15(24-21-16)10-19-17(22)13-4-2-3-5-14(13)18/h2-9H,10H2,1H3,(H,19,22). The largest absolute Gasteiger partial charge is 0.497 e. The summed E-state index contributed by atoms with van der Waals surface area (Å²) in [6.07, 6.45) is 0. The van der Waals surface area contributed by atoms with E-state index < -0.39 is 11.7 Å². The first-order valence-corrected chi connectivity index (χ1v) is 7.17. The highest BCUT2D eigenvalue weighted by molar-refractivity contribution is 5.94. The molecule has 122 valence electrons. The average Bonchev–Trinajstić information content (AvgIpc) is 3.09. The summed E-state index contributed by atoms with van der Waals surface area (Å²) in [5.41, 5.74) is 0.721. The molecule has 0 unspecified atom stereocenters. The Bertz CT molecular complexity index is 846. The maximum Gasteiger partial charge on any atom is 0.254 e. The summed E-state index contributed by atoms with van der Waals surface area (Å²) in [6.45, 7) is 0.0102. The zero-order valence-electron chi connectivity index (χ0n) is 12.8. The van der Waals surface area contributed by atoms with Gasteiger partial charge in [0, 0.05) is 5.56 Å². The predicted molar refractivity (Wildman–Crippen MR) is 83.9 cm³/mol. The van der Waals surface area contributed by atoms with Crippen LogP contribution in [0.3, 0.4) is 0 Å². The summed E-state index contributed by atoms with van der Waals surface area (Å²) in [5, 5.41) is 6.40. The molecule has 0 saturated carbocycles. The second kappa shape index (κ2) is 6.91. The number of aromatic nitrogens is 2. The summed E-state index contributed by atoms with van der Waals surface area (Å²) in [6, 6.07) is 12.9. The molecule has 3 aromatic rings. The van der Waals surface area contributed by atoms with Gasteiger partial charge < -0.3 is 14.6 Å². The molecule has 7 heteroatoms. The predicted octanol–water partition coefficient (Wildman–Crippen LogP) is 2.81. The molecule has 1 amide bonds. The molecule has 0 aliphatic heterocycles. The van der Waals surface area contributed by atoms with Crippen molar-refractivity contribution in [3.63, 3.8) is 0 Å². The number of ether oxygens (including phenoxy) is 1. The number of nitrogens with one attached hydrogen (secondary N) is 1. The van der Waals surface area contributed by atoms with Crippen LogP contribution < -0.4 is 10.1 Å². The second-order valence-corrected chi connectivity index (χ2v) is 4.90. The molecule has 0 aliphatic rings. The van der Waals surface area contributed by atoms with E-state index in [0.29, 0.717) is 5.82 Å². The molecule has 1 aromatic heterocycles. The topological polar surface area (TPSA) is 77.3 Å². The molecule has 0 fully saturated rings. The quantitative estimate of drug-likeness (QED) is 0.780. The number of hydrogen-bond acceptors (Lipinski definition) is 5. The van der Waals surface area contributed by atoms with Gasteiger partial charge in [-0.3, -0.25) is 4.79 Å². The van der Waals surface area contributed by atoms with Crippen molar-refractivity contribution in [3.05, 3.63) is 65.8 Å². The minimum absolute atomic E-state index is 0.0102. The number of amides is 1. The molecule has 0 aliphatic carbocycles. The number of benzene rings is 2. The van der Waals surface area contributed by atoms with E-state index >= 15 is 0 Å². The molecule has 0 saturated heterocycles. The molecule has 6 nitrogen and oxygen atoms in total. The lowest BCUT2D eigenvalue weighted by Gasteiger charge is -2.03. The lowest BCUT2D eigenvalue weighted by Crippen LogP contribution is -2.23. The van der Waals surface area contributed by atoms with Gasteiger partial charge in [0.15, 0.2) is 0 Å². The zero-order valence-corrected chi connectivity index (χ0v) is 12.8. The van der Waals surface area contributed by atoms with E-state index in [9.17, 15) is 9.18 Å². The Hall–Kier alpha value is -3.22. The molecule has 0 atom stereocenters. The summed E-state index contributed by atoms with van der Waals surface area (Å²) < 4.78 is 23.7. The van der Waals surface area contributed by atoms with Crippen LogP contribution in [0.1, 0.15) is 16.2 Å². The summed E-state index contributed by atoms with van der Waals surface area (Å²) in [5.74, 6) is 0.217. The van der Waals surface area contributed by atoms with Crippen LogP contribution >= 0.6 is 0 Å². The van der Waals surface area contributed by atoms with E-state index in [2.05, 4.69) is 15.5 Å². The Kier molecular flexibility index (Phi) is 4.51. The van der Waals surface area contributed by atoms with Crippen molar-refractivity contribution >= 4 is 5.91 Å². The van der Waals surface area contributed by atoms with E-state index in [0.717, 1.165) is 11.3 Å². The maximum atomic E-state index is 13.5. The highest BCUT2D eigenvalue weighted by atomic mass is 19.1. The molecule has 0 spiro atoms. The van der Waals surface area contributed by atoms with Crippen LogP contribution in [0.15, 0.2) is 53.1 Å². The van der Waals surface area contributed by atoms with E-state index in [4.69, 9.17) is 9.26 Å². The van der Waals surface area contributed by atoms with Crippen LogP contribution in [-0.2, 0) is 6.54 Å². The van der Waals surface area contributed by atoms with Gasteiger partial charge in [0.05, 0.1) is 19.2 Å². The highest BCUT2D eigenvalue weighted by Gasteiger charge is 2.13. The van der Waals surface area contributed by atoms with Crippen LogP contribution in [0.4, 0.5) is 4.39 Å². The maximum absolute atomic E-state index is 13.5. The van der Waals surface area contributed by atoms with E-state index in [1.54, 1.807) is 37.4 Å². The molecule has 1 N–H and O–H groups in total. The Labute approximate surface area is 137 Å². The van der Waals surface area contributed by atoms with Gasteiger partial charge in [0.25, 0.3) is 5.91 Å². The first-order chi connectivity index (χ1) is 11.7. The number of nitrogens with zero attached hydrogens (tertiary/aromatic N) is 2. The number of methoxy groups -OCH3 is 1. The number of halogens is 1. The van der Waals surface area contributed by atoms with Crippen molar-refractivity contribution in [1.29, 1.82) is 0 Å². The van der Waals surface area contributed by atoms with Crippen LogP contribution in [0.2, 0.25) is 0 Å². The number of carbonyl (C=O) groups excluding carboxylic acids is 1. The summed E-state index contributed by atoms with van der Waals surface area (Å²) in [7, 11) is 1.58. The molecule has 1 heterocycles. The minimum atomic E-state index is -0.584. The van der Waals surface area contributed by atoms with Gasteiger partial charge in [-0.25, -0.2) is 4.39 Å². The monoisotopic (exact) mass is 327 g/mol. The molecule has 0 bridgehead atoms. The number of rotatable bonds is 5. The molecule has 3 rings (SSSR count). The van der Waals surface area contributed by atoms with Crippen LogP contribution in [0, 0.1) is 5.82 Å². The van der Waals surface area contributed by atoms with Crippen LogP contribution in [0.5, 0.6) is 5.75 Å². The average molecular weight is 327 g/mol. The van der Waals surface area contributed by atoms with Gasteiger partial charge in [-0.2, -0.15) is 4.98 Å². The third kappa shape index (κ3) is 3.40. The van der Waals surface area contributed by atoms with Gasteiger partial charge in [-0.1, -0.05) is 17.3 Å². The summed E-state index contributed by atoms with van der Waals surface area (Å²) in [4.78, 5) is 16.1. The highest BCUT2D eigenvalue weighted by Crippen LogP contribution is 2.19. The van der Waals surface area contributed by atoms with Gasteiger partial charge >= 0.3 is 0 Å². The SMILES string of the molecule is COc1ccc(-c2noc(CNC(=O)c3ccccc3F)n2)cc1. The Morgan fingerprint density at radius 1 is 1.21 bits per heavy atom. The Balaban J connectivity index is 1.66. The van der Waals surface area contributed by atoms with Crippen molar-refractivity contribution in [3.8, 4) is 17.1 Å². The smallest absolute Gasteiger partial charge is 0.254 e. The Morgan fingerprint density at radius 3 is 2.67 bits per heavy atom. The zero-order chi connectivity index (χ0) is 16.9. The molecule has 0 radical (unpaired) electrons. The number of carbonyl (C=O) groups is 1. The van der Waals surface area contributed by atoms with Gasteiger partial charge in [-0.05, 0) is 36.4 Å². The van der Waals surface area contributed by atoms with Crippen molar-refractivity contribution in [2.24, 2.45) is 0 Å². The van der Waals surface area contributed by atoms with Crippen LogP contribution in [-0.4, -0.2) is 23.2 Å². The van der Waals surface area contributed by atoms with E-state index in [1.165, 1.54) is 18.2 Å². The van der Waals surface area contributed by atoms with E-state index in [1.807, 2.05) is 0 Å².